The molecule has 0 saturated carbocycles. The van der Waals surface area contributed by atoms with Crippen molar-refractivity contribution in [3.63, 3.8) is 0 Å². The molecule has 0 amide bonds. The summed E-state index contributed by atoms with van der Waals surface area (Å²) in [7, 11) is 2.92. The molecular weight excluding hydrogens is 522 g/mol. The fourth-order valence-electron chi connectivity index (χ4n) is 4.10. The third kappa shape index (κ3) is 5.21. The molecule has 0 bridgehead atoms. The Morgan fingerprint density at radius 3 is 2.40 bits per heavy atom. The Hall–Kier alpha value is -5.19. The zero-order valence-electron chi connectivity index (χ0n) is 21.6. The van der Waals surface area contributed by atoms with Crippen molar-refractivity contribution >= 4 is 16.8 Å². The normalized spacial score (nSPS) is 10.9. The molecule has 0 saturated heterocycles. The molecule has 3 heterocycles. The summed E-state index contributed by atoms with van der Waals surface area (Å²) in [6.45, 7) is 1.63. The summed E-state index contributed by atoms with van der Waals surface area (Å²) in [5, 5.41) is 0. The molecule has 9 nitrogen and oxygen atoms in total. The first kappa shape index (κ1) is 26.4. The van der Waals surface area contributed by atoms with Gasteiger partial charge in [-0.25, -0.2) is 18.7 Å². The predicted octanol–water partition coefficient (Wildman–Crippen LogP) is 5.00. The third-order valence-electron chi connectivity index (χ3n) is 6.00. The first-order valence-corrected chi connectivity index (χ1v) is 12.0. The Balaban J connectivity index is 1.40. The van der Waals surface area contributed by atoms with Gasteiger partial charge in [0.25, 0.3) is 11.4 Å². The molecule has 0 fully saturated rings. The Kier molecular flexibility index (Phi) is 7.19. The number of halogens is 2. The van der Waals surface area contributed by atoms with Crippen LogP contribution in [0.3, 0.4) is 0 Å². The van der Waals surface area contributed by atoms with Gasteiger partial charge in [-0.1, -0.05) is 6.07 Å². The van der Waals surface area contributed by atoms with E-state index in [1.54, 1.807) is 13.0 Å². The first-order valence-electron chi connectivity index (χ1n) is 12.0. The average Bonchev–Trinajstić information content (AvgIpc) is 2.95. The topological polar surface area (TPSA) is 105 Å². The third-order valence-corrected chi connectivity index (χ3v) is 6.00. The van der Waals surface area contributed by atoms with Gasteiger partial charge in [0.1, 0.15) is 11.3 Å². The summed E-state index contributed by atoms with van der Waals surface area (Å²) in [5.74, 6) is -1.05. The van der Waals surface area contributed by atoms with Crippen LogP contribution in [-0.2, 0) is 6.42 Å². The maximum absolute atomic E-state index is 15.1. The van der Waals surface area contributed by atoms with Crippen LogP contribution in [0.2, 0.25) is 0 Å². The number of pyridine rings is 2. The van der Waals surface area contributed by atoms with Gasteiger partial charge >= 0.3 is 0 Å². The van der Waals surface area contributed by atoms with Gasteiger partial charge in [-0.2, -0.15) is 0 Å². The minimum absolute atomic E-state index is 0.104. The van der Waals surface area contributed by atoms with E-state index in [1.165, 1.54) is 73.6 Å². The Bertz CT molecular complexity index is 1810. The standard InChI is InChI=1S/C29H22F2N4O5/c1-16-15-35(19-7-5-18(30)6-8-19)29(37)27(33-16)22(36)13-17-4-9-23(20(31)12-17)40-24-10-11-32-21-14-25(38-2)28(39-3)34-26(21)24/h4-12,14-15H,13H2,1-3H3. The second-order valence-corrected chi connectivity index (χ2v) is 8.73. The molecule has 0 unspecified atom stereocenters. The molecule has 3 aromatic heterocycles. The van der Waals surface area contributed by atoms with E-state index in [-0.39, 0.29) is 29.5 Å². The van der Waals surface area contributed by atoms with Crippen LogP contribution in [-0.4, -0.2) is 39.5 Å². The molecule has 2 aromatic carbocycles. The number of hydrogen-bond donors (Lipinski definition) is 0. The number of carbonyl (C=O) groups is 1. The zero-order chi connectivity index (χ0) is 28.4. The van der Waals surface area contributed by atoms with Gasteiger partial charge < -0.3 is 14.2 Å². The van der Waals surface area contributed by atoms with E-state index in [0.29, 0.717) is 33.7 Å². The number of carbonyl (C=O) groups excluding carboxylic acids is 1. The van der Waals surface area contributed by atoms with Crippen molar-refractivity contribution in [2.75, 3.05) is 14.2 Å². The number of hydrogen-bond acceptors (Lipinski definition) is 8. The van der Waals surface area contributed by atoms with E-state index in [9.17, 15) is 14.0 Å². The minimum atomic E-state index is -0.725. The van der Waals surface area contributed by atoms with Gasteiger partial charge in [0.05, 0.1) is 25.4 Å². The number of fused-ring (bicyclic) bond motifs is 1. The fraction of sp³-hybridized carbons (Fsp3) is 0.138. The first-order chi connectivity index (χ1) is 19.3. The number of rotatable bonds is 8. The van der Waals surface area contributed by atoms with E-state index in [1.807, 2.05) is 0 Å². The van der Waals surface area contributed by atoms with Gasteiger partial charge in [0.15, 0.2) is 34.5 Å². The van der Waals surface area contributed by atoms with Crippen molar-refractivity contribution in [3.8, 4) is 28.8 Å². The van der Waals surface area contributed by atoms with Crippen molar-refractivity contribution in [2.45, 2.75) is 13.3 Å². The maximum atomic E-state index is 15.1. The number of aryl methyl sites for hydroxylation is 1. The van der Waals surface area contributed by atoms with Crippen LogP contribution in [0.15, 0.2) is 71.8 Å². The van der Waals surface area contributed by atoms with Crippen LogP contribution in [0.5, 0.6) is 23.1 Å². The molecule has 5 rings (SSSR count). The molecule has 0 aliphatic rings. The van der Waals surface area contributed by atoms with Crippen LogP contribution in [0, 0.1) is 18.6 Å². The summed E-state index contributed by atoms with van der Waals surface area (Å²) in [6.07, 6.45) is 2.67. The van der Waals surface area contributed by atoms with Crippen LogP contribution < -0.4 is 19.8 Å². The lowest BCUT2D eigenvalue weighted by Crippen LogP contribution is -2.28. The number of ether oxygens (including phenoxy) is 3. The second-order valence-electron chi connectivity index (χ2n) is 8.73. The molecule has 0 radical (unpaired) electrons. The lowest BCUT2D eigenvalue weighted by atomic mass is 10.1. The quantitative estimate of drug-likeness (QED) is 0.252. The van der Waals surface area contributed by atoms with Crippen LogP contribution in [0.1, 0.15) is 21.7 Å². The smallest absolute Gasteiger partial charge is 0.284 e. The Labute approximate surface area is 226 Å². The molecule has 0 aliphatic heterocycles. The van der Waals surface area contributed by atoms with E-state index >= 15 is 4.39 Å². The molecule has 0 spiro atoms. The predicted molar refractivity (Wildman–Crippen MR) is 142 cm³/mol. The molecule has 0 N–H and O–H groups in total. The summed E-state index contributed by atoms with van der Waals surface area (Å²) in [5.41, 5.74) is 0.935. The monoisotopic (exact) mass is 544 g/mol. The molecule has 5 aromatic rings. The van der Waals surface area contributed by atoms with Gasteiger partial charge in [0.2, 0.25) is 0 Å². The number of benzene rings is 2. The number of ketones is 1. The van der Waals surface area contributed by atoms with Gasteiger partial charge in [-0.05, 0) is 48.9 Å². The summed E-state index contributed by atoms with van der Waals surface area (Å²) < 4.78 is 45.9. The maximum Gasteiger partial charge on any atom is 0.284 e. The Morgan fingerprint density at radius 2 is 1.70 bits per heavy atom. The Morgan fingerprint density at radius 1 is 0.925 bits per heavy atom. The summed E-state index contributed by atoms with van der Waals surface area (Å²) in [4.78, 5) is 38.8. The zero-order valence-corrected chi connectivity index (χ0v) is 21.6. The lowest BCUT2D eigenvalue weighted by molar-refractivity contribution is 0.0986. The van der Waals surface area contributed by atoms with Crippen LogP contribution in [0.25, 0.3) is 16.7 Å². The van der Waals surface area contributed by atoms with Gasteiger partial charge in [0, 0.05) is 36.6 Å². The molecule has 40 heavy (non-hydrogen) atoms. The lowest BCUT2D eigenvalue weighted by Gasteiger charge is -2.12. The summed E-state index contributed by atoms with van der Waals surface area (Å²) in [6, 6.07) is 12.5. The van der Waals surface area contributed by atoms with Crippen LogP contribution >= 0.6 is 0 Å². The highest BCUT2D eigenvalue weighted by molar-refractivity contribution is 5.95. The number of nitrogens with zero attached hydrogens (tertiary/aromatic N) is 4. The van der Waals surface area contributed by atoms with Crippen molar-refractivity contribution in [2.24, 2.45) is 0 Å². The van der Waals surface area contributed by atoms with Gasteiger partial charge in [-0.15, -0.1) is 0 Å². The van der Waals surface area contributed by atoms with E-state index in [2.05, 4.69) is 15.0 Å². The van der Waals surface area contributed by atoms with Crippen molar-refractivity contribution in [1.82, 2.24) is 19.5 Å². The highest BCUT2D eigenvalue weighted by Crippen LogP contribution is 2.34. The SMILES string of the molecule is COc1cc2nccc(Oc3ccc(CC(=O)c4nc(C)cn(-c5ccc(F)cc5)c4=O)cc3F)c2nc1OC. The molecule has 11 heteroatoms. The number of Topliss-reactive ketones (excluding diaryl/α,β-unsaturated/α-hetero) is 1. The van der Waals surface area contributed by atoms with Crippen molar-refractivity contribution in [3.05, 3.63) is 106 Å². The highest BCUT2D eigenvalue weighted by atomic mass is 19.1. The minimum Gasteiger partial charge on any atom is -0.491 e. The molecule has 202 valence electrons. The van der Waals surface area contributed by atoms with Crippen LogP contribution in [0.4, 0.5) is 8.78 Å². The van der Waals surface area contributed by atoms with E-state index in [0.717, 1.165) is 6.07 Å². The van der Waals surface area contributed by atoms with Crippen molar-refractivity contribution in [1.29, 1.82) is 0 Å². The second kappa shape index (κ2) is 10.9. The highest BCUT2D eigenvalue weighted by Gasteiger charge is 2.19. The van der Waals surface area contributed by atoms with E-state index in [4.69, 9.17) is 14.2 Å². The molecular formula is C29H22F2N4O5. The summed E-state index contributed by atoms with van der Waals surface area (Å²) >= 11 is 0. The van der Waals surface area contributed by atoms with E-state index < -0.39 is 23.0 Å². The average molecular weight is 545 g/mol. The molecule has 0 aliphatic carbocycles. The van der Waals surface area contributed by atoms with Gasteiger partial charge in [-0.3, -0.25) is 19.1 Å². The van der Waals surface area contributed by atoms with Crippen molar-refractivity contribution < 1.29 is 27.8 Å². The fourth-order valence-corrected chi connectivity index (χ4v) is 4.10. The molecule has 0 atom stereocenters. The number of methoxy groups -OCH3 is 2. The largest absolute Gasteiger partial charge is 0.491 e. The number of aromatic nitrogens is 4.